The Hall–Kier alpha value is -2.63. The van der Waals surface area contributed by atoms with Crippen molar-refractivity contribution in [1.82, 2.24) is 0 Å². The molecule has 0 spiro atoms. The van der Waals surface area contributed by atoms with Crippen molar-refractivity contribution < 1.29 is 28.6 Å². The molecular weight excluding hydrogens is 853 g/mol. The minimum atomic E-state index is -0.792. The third-order valence-electron chi connectivity index (χ3n) is 13.3. The zero-order chi connectivity index (χ0) is 50.0. The van der Waals surface area contributed by atoms with Gasteiger partial charge in [0.05, 0.1) is 0 Å². The number of carbonyl (C=O) groups excluding carboxylic acids is 3. The summed E-state index contributed by atoms with van der Waals surface area (Å²) < 4.78 is 16.9. The third kappa shape index (κ3) is 56.2. The number of carbonyl (C=O) groups is 3. The summed E-state index contributed by atoms with van der Waals surface area (Å²) >= 11 is 0. The van der Waals surface area contributed by atoms with Crippen LogP contribution in [0.3, 0.4) is 0 Å². The van der Waals surface area contributed by atoms with Gasteiger partial charge < -0.3 is 14.2 Å². The summed E-state index contributed by atoms with van der Waals surface area (Å²) in [5.74, 6) is -0.911. The van der Waals surface area contributed by atoms with E-state index in [1.165, 1.54) is 199 Å². The monoisotopic (exact) mass is 967 g/mol. The second-order valence-corrected chi connectivity index (χ2v) is 20.3. The van der Waals surface area contributed by atoms with E-state index in [9.17, 15) is 14.4 Å². The van der Waals surface area contributed by atoms with Gasteiger partial charge in [-0.2, -0.15) is 0 Å². The second kappa shape index (κ2) is 57.9. The first-order valence-corrected chi connectivity index (χ1v) is 30.2. The van der Waals surface area contributed by atoms with Crippen LogP contribution in [0.2, 0.25) is 0 Å². The number of ether oxygens (including phenoxy) is 3. The van der Waals surface area contributed by atoms with E-state index >= 15 is 0 Å². The third-order valence-corrected chi connectivity index (χ3v) is 13.3. The van der Waals surface area contributed by atoms with Crippen LogP contribution in [-0.4, -0.2) is 37.2 Å². The number of rotatable bonds is 55. The van der Waals surface area contributed by atoms with Gasteiger partial charge in [0.1, 0.15) is 13.2 Å². The standard InChI is InChI=1S/C63H114O6/c1-4-7-10-13-16-19-22-25-28-31-32-33-36-38-41-44-47-50-53-56-62(65)68-59-60(69-63(66)57-54-51-48-45-42-39-35-30-27-24-21-18-15-12-9-6-3)58-67-61(64)55-52-49-46-43-40-37-34-29-26-23-20-17-14-11-8-5-2/h29-32,34-35,39,42,60H,4-28,33,36-38,40-41,43-59H2,1-3H3/b32-31-,34-29-,35-30-,42-39-. The summed E-state index contributed by atoms with van der Waals surface area (Å²) in [4.78, 5) is 38.2. The van der Waals surface area contributed by atoms with Gasteiger partial charge in [0.25, 0.3) is 0 Å². The molecule has 0 rings (SSSR count). The van der Waals surface area contributed by atoms with E-state index in [0.29, 0.717) is 19.3 Å². The first-order valence-electron chi connectivity index (χ1n) is 30.2. The number of allylic oxidation sites excluding steroid dienone is 8. The molecule has 69 heavy (non-hydrogen) atoms. The van der Waals surface area contributed by atoms with Crippen LogP contribution < -0.4 is 0 Å². The molecule has 0 aliphatic rings. The van der Waals surface area contributed by atoms with Crippen LogP contribution in [0.25, 0.3) is 0 Å². The predicted molar refractivity (Wildman–Crippen MR) is 298 cm³/mol. The molecule has 402 valence electrons. The van der Waals surface area contributed by atoms with E-state index in [4.69, 9.17) is 14.2 Å². The predicted octanol–water partition coefficient (Wildman–Crippen LogP) is 20.2. The lowest BCUT2D eigenvalue weighted by Gasteiger charge is -2.18. The van der Waals surface area contributed by atoms with Crippen molar-refractivity contribution in [1.29, 1.82) is 0 Å². The first kappa shape index (κ1) is 66.4. The van der Waals surface area contributed by atoms with Crippen molar-refractivity contribution in [2.75, 3.05) is 13.2 Å². The Morgan fingerprint density at radius 1 is 0.290 bits per heavy atom. The van der Waals surface area contributed by atoms with Crippen LogP contribution in [-0.2, 0) is 28.6 Å². The first-order chi connectivity index (χ1) is 34.0. The molecule has 0 aliphatic carbocycles. The van der Waals surface area contributed by atoms with Gasteiger partial charge in [0.15, 0.2) is 6.10 Å². The minimum Gasteiger partial charge on any atom is -0.462 e. The van der Waals surface area contributed by atoms with E-state index in [1.54, 1.807) is 0 Å². The van der Waals surface area contributed by atoms with Crippen molar-refractivity contribution in [3.63, 3.8) is 0 Å². The fraction of sp³-hybridized carbons (Fsp3) is 0.825. The summed E-state index contributed by atoms with van der Waals surface area (Å²) in [6, 6.07) is 0. The van der Waals surface area contributed by atoms with Gasteiger partial charge in [-0.15, -0.1) is 0 Å². The van der Waals surface area contributed by atoms with Gasteiger partial charge in [-0.1, -0.05) is 249 Å². The van der Waals surface area contributed by atoms with E-state index in [2.05, 4.69) is 69.4 Å². The molecule has 0 bridgehead atoms. The maximum Gasteiger partial charge on any atom is 0.306 e. The molecule has 0 saturated heterocycles. The number of unbranched alkanes of at least 4 members (excludes halogenated alkanes) is 37. The molecule has 1 atom stereocenters. The fourth-order valence-corrected chi connectivity index (χ4v) is 8.72. The van der Waals surface area contributed by atoms with Crippen LogP contribution in [0.5, 0.6) is 0 Å². The highest BCUT2D eigenvalue weighted by Crippen LogP contribution is 2.15. The smallest absolute Gasteiger partial charge is 0.306 e. The van der Waals surface area contributed by atoms with Crippen molar-refractivity contribution in [3.05, 3.63) is 48.6 Å². The van der Waals surface area contributed by atoms with Crippen molar-refractivity contribution in [3.8, 4) is 0 Å². The molecular formula is C63H114O6. The zero-order valence-corrected chi connectivity index (χ0v) is 46.1. The van der Waals surface area contributed by atoms with Gasteiger partial charge in [0.2, 0.25) is 0 Å². The van der Waals surface area contributed by atoms with Gasteiger partial charge in [-0.3, -0.25) is 14.4 Å². The van der Waals surface area contributed by atoms with Crippen molar-refractivity contribution in [2.45, 2.75) is 322 Å². The molecule has 0 saturated carbocycles. The highest BCUT2D eigenvalue weighted by Gasteiger charge is 2.19. The molecule has 0 N–H and O–H groups in total. The van der Waals surface area contributed by atoms with Crippen molar-refractivity contribution in [2.24, 2.45) is 0 Å². The van der Waals surface area contributed by atoms with Crippen LogP contribution in [0.1, 0.15) is 316 Å². The minimum absolute atomic E-state index is 0.0871. The molecule has 6 nitrogen and oxygen atoms in total. The lowest BCUT2D eigenvalue weighted by molar-refractivity contribution is -0.167. The van der Waals surface area contributed by atoms with E-state index in [1.807, 2.05) is 0 Å². The molecule has 0 aromatic carbocycles. The van der Waals surface area contributed by atoms with Crippen LogP contribution in [0, 0.1) is 0 Å². The molecule has 0 aliphatic heterocycles. The summed E-state index contributed by atoms with van der Waals surface area (Å²) in [6.45, 7) is 6.64. The van der Waals surface area contributed by atoms with Gasteiger partial charge in [0, 0.05) is 19.3 Å². The van der Waals surface area contributed by atoms with E-state index in [-0.39, 0.29) is 31.1 Å². The molecule has 0 amide bonds. The fourth-order valence-electron chi connectivity index (χ4n) is 8.72. The molecule has 0 radical (unpaired) electrons. The van der Waals surface area contributed by atoms with E-state index in [0.717, 1.165) is 77.0 Å². The average Bonchev–Trinajstić information content (AvgIpc) is 3.35. The number of esters is 3. The lowest BCUT2D eigenvalue weighted by atomic mass is 10.1. The summed E-state index contributed by atoms with van der Waals surface area (Å²) in [7, 11) is 0. The van der Waals surface area contributed by atoms with Gasteiger partial charge >= 0.3 is 17.9 Å². The summed E-state index contributed by atoms with van der Waals surface area (Å²) in [5.41, 5.74) is 0. The van der Waals surface area contributed by atoms with E-state index < -0.39 is 6.10 Å². The lowest BCUT2D eigenvalue weighted by Crippen LogP contribution is -2.30. The topological polar surface area (TPSA) is 78.9 Å². The Morgan fingerprint density at radius 2 is 0.522 bits per heavy atom. The molecule has 1 unspecified atom stereocenters. The van der Waals surface area contributed by atoms with Crippen molar-refractivity contribution >= 4 is 17.9 Å². The van der Waals surface area contributed by atoms with Gasteiger partial charge in [-0.25, -0.2) is 0 Å². The van der Waals surface area contributed by atoms with Crippen LogP contribution >= 0.6 is 0 Å². The SMILES string of the molecule is CCCCCCCCC/C=C\C=C/CCCCCC(=O)OC(COC(=O)CCCCCCC/C=C\CCCCCCCCC)COC(=O)CCCCCCCCC/C=C\CCCCCCCCCC. The normalized spacial score (nSPS) is 12.3. The maximum atomic E-state index is 12.9. The summed E-state index contributed by atoms with van der Waals surface area (Å²) in [5, 5.41) is 0. The van der Waals surface area contributed by atoms with Crippen LogP contribution in [0.4, 0.5) is 0 Å². The second-order valence-electron chi connectivity index (χ2n) is 20.3. The molecule has 6 heteroatoms. The largest absolute Gasteiger partial charge is 0.462 e. The Labute approximate surface area is 428 Å². The van der Waals surface area contributed by atoms with Gasteiger partial charge in [-0.05, 0) is 96.3 Å². The Kier molecular flexibility index (Phi) is 55.7. The molecule has 0 heterocycles. The average molecular weight is 968 g/mol. The quantitative estimate of drug-likeness (QED) is 0.0199. The number of hydrogen-bond acceptors (Lipinski definition) is 6. The zero-order valence-electron chi connectivity index (χ0n) is 46.1. The molecule has 0 aromatic heterocycles. The maximum absolute atomic E-state index is 12.9. The molecule has 0 aromatic rings. The Bertz CT molecular complexity index is 1200. The Balaban J connectivity index is 4.40. The molecule has 0 fully saturated rings. The Morgan fingerprint density at radius 3 is 0.826 bits per heavy atom. The van der Waals surface area contributed by atoms with Crippen LogP contribution in [0.15, 0.2) is 48.6 Å². The highest BCUT2D eigenvalue weighted by molar-refractivity contribution is 5.71. The number of hydrogen-bond donors (Lipinski definition) is 0. The summed E-state index contributed by atoms with van der Waals surface area (Å²) in [6.07, 6.45) is 71.0. The highest BCUT2D eigenvalue weighted by atomic mass is 16.6.